The molecule has 0 amide bonds. The fourth-order valence-corrected chi connectivity index (χ4v) is 2.71. The van der Waals surface area contributed by atoms with E-state index in [0.717, 1.165) is 17.5 Å². The molecular formula is C14H14Cl2N2. The molecule has 1 unspecified atom stereocenters. The number of pyridine rings is 1. The number of nitrogens with zero attached hydrogens (tertiary/aromatic N) is 1. The molecule has 1 aromatic carbocycles. The van der Waals surface area contributed by atoms with Gasteiger partial charge in [0.1, 0.15) is 0 Å². The lowest BCUT2D eigenvalue weighted by molar-refractivity contribution is 0.693. The molecule has 0 fully saturated rings. The maximum absolute atomic E-state index is 6.21. The Labute approximate surface area is 117 Å². The molecule has 1 aromatic heterocycles. The van der Waals surface area contributed by atoms with Crippen molar-refractivity contribution in [2.75, 3.05) is 6.54 Å². The Hall–Kier alpha value is -1.09. The maximum Gasteiger partial charge on any atom is 0.0456 e. The summed E-state index contributed by atoms with van der Waals surface area (Å²) >= 11 is 12.4. The van der Waals surface area contributed by atoms with Gasteiger partial charge in [0, 0.05) is 28.4 Å². The van der Waals surface area contributed by atoms with E-state index in [1.54, 1.807) is 6.20 Å². The summed E-state index contributed by atoms with van der Waals surface area (Å²) in [5.74, 6) is 0.107. The van der Waals surface area contributed by atoms with Gasteiger partial charge in [0.15, 0.2) is 0 Å². The van der Waals surface area contributed by atoms with Crippen LogP contribution in [0.25, 0.3) is 0 Å². The van der Waals surface area contributed by atoms with Gasteiger partial charge in [-0.25, -0.2) is 0 Å². The lowest BCUT2D eigenvalue weighted by Crippen LogP contribution is -2.16. The number of aromatic nitrogens is 1. The van der Waals surface area contributed by atoms with Crippen molar-refractivity contribution >= 4 is 23.2 Å². The summed E-state index contributed by atoms with van der Waals surface area (Å²) in [6.45, 7) is 0.498. The molecule has 18 heavy (non-hydrogen) atoms. The molecule has 0 radical (unpaired) electrons. The van der Waals surface area contributed by atoms with Crippen LogP contribution in [0.2, 0.25) is 10.0 Å². The van der Waals surface area contributed by atoms with E-state index in [1.165, 1.54) is 0 Å². The van der Waals surface area contributed by atoms with Crippen LogP contribution in [0.4, 0.5) is 0 Å². The topological polar surface area (TPSA) is 38.9 Å². The van der Waals surface area contributed by atoms with Gasteiger partial charge in [-0.2, -0.15) is 0 Å². The van der Waals surface area contributed by atoms with Crippen molar-refractivity contribution in [1.82, 2.24) is 4.98 Å². The van der Waals surface area contributed by atoms with E-state index in [-0.39, 0.29) is 5.92 Å². The monoisotopic (exact) mass is 280 g/mol. The van der Waals surface area contributed by atoms with E-state index >= 15 is 0 Å². The highest BCUT2D eigenvalue weighted by atomic mass is 35.5. The Morgan fingerprint density at radius 2 is 1.83 bits per heavy atom. The highest BCUT2D eigenvalue weighted by Crippen LogP contribution is 2.32. The van der Waals surface area contributed by atoms with Crippen molar-refractivity contribution in [3.8, 4) is 0 Å². The molecule has 2 rings (SSSR count). The Morgan fingerprint density at radius 3 is 2.39 bits per heavy atom. The first-order valence-corrected chi connectivity index (χ1v) is 6.51. The number of benzene rings is 1. The van der Waals surface area contributed by atoms with Crippen molar-refractivity contribution in [2.24, 2.45) is 5.73 Å². The van der Waals surface area contributed by atoms with E-state index < -0.39 is 0 Å². The van der Waals surface area contributed by atoms with Crippen LogP contribution in [0, 0.1) is 0 Å². The standard InChI is InChI=1S/C14H14Cl2N2/c15-12-4-1-5-13(16)14(12)11(8-17)7-10-3-2-6-18-9-10/h1-6,9,11H,7-8,17H2. The Kier molecular flexibility index (Phi) is 4.59. The van der Waals surface area contributed by atoms with Crippen molar-refractivity contribution in [3.63, 3.8) is 0 Å². The predicted octanol–water partition coefficient (Wildman–Crippen LogP) is 3.67. The lowest BCUT2D eigenvalue weighted by Gasteiger charge is -2.18. The number of nitrogens with two attached hydrogens (primary N) is 1. The highest BCUT2D eigenvalue weighted by molar-refractivity contribution is 6.36. The highest BCUT2D eigenvalue weighted by Gasteiger charge is 2.17. The van der Waals surface area contributed by atoms with Gasteiger partial charge in [0.05, 0.1) is 0 Å². The van der Waals surface area contributed by atoms with Crippen LogP contribution in [0.3, 0.4) is 0 Å². The number of hydrogen-bond donors (Lipinski definition) is 1. The molecule has 0 aliphatic carbocycles. The van der Waals surface area contributed by atoms with Crippen LogP contribution in [-0.2, 0) is 6.42 Å². The molecule has 0 saturated carbocycles. The van der Waals surface area contributed by atoms with E-state index in [2.05, 4.69) is 4.98 Å². The molecule has 94 valence electrons. The van der Waals surface area contributed by atoms with Gasteiger partial charge in [-0.15, -0.1) is 0 Å². The Bertz CT molecular complexity index is 494. The minimum atomic E-state index is 0.107. The smallest absolute Gasteiger partial charge is 0.0456 e. The molecule has 0 aliphatic heterocycles. The van der Waals surface area contributed by atoms with Crippen molar-refractivity contribution in [3.05, 3.63) is 63.9 Å². The number of halogens is 2. The first-order chi connectivity index (χ1) is 8.72. The van der Waals surface area contributed by atoms with Crippen molar-refractivity contribution < 1.29 is 0 Å². The third-order valence-electron chi connectivity index (χ3n) is 2.90. The van der Waals surface area contributed by atoms with Gasteiger partial charge < -0.3 is 5.73 Å². The van der Waals surface area contributed by atoms with Gasteiger partial charge in [0.2, 0.25) is 0 Å². The summed E-state index contributed by atoms with van der Waals surface area (Å²) in [4.78, 5) is 4.10. The van der Waals surface area contributed by atoms with Gasteiger partial charge in [-0.3, -0.25) is 4.98 Å². The molecule has 1 heterocycles. The van der Waals surface area contributed by atoms with E-state index in [9.17, 15) is 0 Å². The second kappa shape index (κ2) is 6.19. The molecule has 0 aliphatic rings. The summed E-state index contributed by atoms with van der Waals surface area (Å²) in [6.07, 6.45) is 4.38. The number of rotatable bonds is 4. The summed E-state index contributed by atoms with van der Waals surface area (Å²) in [5.41, 5.74) is 7.90. The minimum absolute atomic E-state index is 0.107. The first kappa shape index (κ1) is 13.3. The summed E-state index contributed by atoms with van der Waals surface area (Å²) < 4.78 is 0. The zero-order chi connectivity index (χ0) is 13.0. The molecule has 2 aromatic rings. The van der Waals surface area contributed by atoms with Crippen LogP contribution in [-0.4, -0.2) is 11.5 Å². The summed E-state index contributed by atoms with van der Waals surface area (Å²) in [7, 11) is 0. The molecule has 0 spiro atoms. The van der Waals surface area contributed by atoms with Crippen LogP contribution < -0.4 is 5.73 Å². The molecule has 0 saturated heterocycles. The van der Waals surface area contributed by atoms with E-state index in [4.69, 9.17) is 28.9 Å². The third-order valence-corrected chi connectivity index (χ3v) is 3.56. The average Bonchev–Trinajstić information content (AvgIpc) is 2.38. The fourth-order valence-electron chi connectivity index (χ4n) is 2.01. The molecular weight excluding hydrogens is 267 g/mol. The summed E-state index contributed by atoms with van der Waals surface area (Å²) in [6, 6.07) is 9.46. The predicted molar refractivity (Wildman–Crippen MR) is 76.2 cm³/mol. The minimum Gasteiger partial charge on any atom is -0.330 e. The zero-order valence-corrected chi connectivity index (χ0v) is 11.3. The van der Waals surface area contributed by atoms with Crippen molar-refractivity contribution in [1.29, 1.82) is 0 Å². The third kappa shape index (κ3) is 3.02. The van der Waals surface area contributed by atoms with Crippen LogP contribution >= 0.6 is 23.2 Å². The molecule has 0 bridgehead atoms. The van der Waals surface area contributed by atoms with E-state index in [1.807, 2.05) is 36.5 Å². The summed E-state index contributed by atoms with van der Waals surface area (Å²) in [5, 5.41) is 1.34. The van der Waals surface area contributed by atoms with Crippen LogP contribution in [0.5, 0.6) is 0 Å². The second-order valence-corrected chi connectivity index (χ2v) is 4.95. The molecule has 2 N–H and O–H groups in total. The molecule has 2 nitrogen and oxygen atoms in total. The van der Waals surface area contributed by atoms with Gasteiger partial charge in [-0.05, 0) is 42.3 Å². The average molecular weight is 281 g/mol. The lowest BCUT2D eigenvalue weighted by atomic mass is 9.92. The SMILES string of the molecule is NCC(Cc1cccnc1)c1c(Cl)cccc1Cl. The fraction of sp³-hybridized carbons (Fsp3) is 0.214. The maximum atomic E-state index is 6.21. The van der Waals surface area contributed by atoms with Crippen molar-refractivity contribution in [2.45, 2.75) is 12.3 Å². The largest absolute Gasteiger partial charge is 0.330 e. The van der Waals surface area contributed by atoms with Gasteiger partial charge >= 0.3 is 0 Å². The first-order valence-electron chi connectivity index (χ1n) is 5.75. The molecule has 4 heteroatoms. The van der Waals surface area contributed by atoms with E-state index in [0.29, 0.717) is 16.6 Å². The van der Waals surface area contributed by atoms with Crippen LogP contribution in [0.1, 0.15) is 17.0 Å². The number of hydrogen-bond acceptors (Lipinski definition) is 2. The normalized spacial score (nSPS) is 12.4. The van der Waals surface area contributed by atoms with Gasteiger partial charge in [-0.1, -0.05) is 35.3 Å². The Balaban J connectivity index is 2.29. The Morgan fingerprint density at radius 1 is 1.11 bits per heavy atom. The quantitative estimate of drug-likeness (QED) is 0.928. The second-order valence-electron chi connectivity index (χ2n) is 4.13. The van der Waals surface area contributed by atoms with Gasteiger partial charge in [0.25, 0.3) is 0 Å². The zero-order valence-electron chi connectivity index (χ0n) is 9.81. The molecule has 1 atom stereocenters. The van der Waals surface area contributed by atoms with Crippen LogP contribution in [0.15, 0.2) is 42.7 Å².